The van der Waals surface area contributed by atoms with Gasteiger partial charge in [0.1, 0.15) is 0 Å². The fraction of sp³-hybridized carbons (Fsp3) is 0.0645. The van der Waals surface area contributed by atoms with Crippen LogP contribution in [0.5, 0.6) is 0 Å². The van der Waals surface area contributed by atoms with Gasteiger partial charge in [0.15, 0.2) is 46.3 Å². The molecule has 0 saturated carbocycles. The first-order valence-corrected chi connectivity index (χ1v) is 52.2. The number of fused-ring (bicyclic) bond motifs is 11. The molecule has 0 radical (unpaired) electrons. The average Bonchev–Trinajstić information content (AvgIpc) is 0.749. The van der Waals surface area contributed by atoms with Gasteiger partial charge in [-0.05, 0) is 200 Å². The van der Waals surface area contributed by atoms with Crippen molar-refractivity contribution >= 4 is 173 Å². The molecule has 19 aromatic rings. The summed E-state index contributed by atoms with van der Waals surface area (Å²) in [6.07, 6.45) is 0. The molecule has 16 heteroatoms. The zero-order valence-electron chi connectivity index (χ0n) is 76.8. The molecule has 678 valence electrons. The molecule has 4 aliphatic carbocycles. The van der Waals surface area contributed by atoms with Crippen molar-refractivity contribution < 1.29 is 38.4 Å². The van der Waals surface area contributed by atoms with Crippen molar-refractivity contribution in [3.05, 3.63) is 513 Å². The summed E-state index contributed by atoms with van der Waals surface area (Å²) in [6, 6.07) is 135. The van der Waals surface area contributed by atoms with E-state index in [-0.39, 0.29) is 57.1 Å². The lowest BCUT2D eigenvalue weighted by Crippen LogP contribution is -2.22. The maximum atomic E-state index is 13.9. The predicted octanol–water partition coefficient (Wildman–Crippen LogP) is 33.1. The van der Waals surface area contributed by atoms with Gasteiger partial charge in [0.2, 0.25) is 0 Å². The van der Waals surface area contributed by atoms with E-state index in [4.69, 9.17) is 0 Å². The highest BCUT2D eigenvalue weighted by Gasteiger charge is 2.39. The number of hydrogen-bond donors (Lipinski definition) is 0. The quantitative estimate of drug-likeness (QED) is 0.0906. The number of ketones is 8. The topological polar surface area (TPSA) is 137 Å². The summed E-state index contributed by atoms with van der Waals surface area (Å²) < 4.78 is 0. The SMILES string of the molecule is CC(C)(C)c1ccc(Sc2cccc3c2C(=O)c2cccc(Sc4ccc5ccccc5c4)c2C3=O)cc1.CC(C)(C)c1ccc(Sc2cccc3c2C(=O)c2cccc(Sc4ccccc4)c2C3=O)cc1.O=C1c2cccc(Sc3ccc4ccccc4c3)c2C(=O)c2cccc(Sc3ccc4ccccc4c3)c21.O=C1c2cccc(Sc3ccccc3)c2C(=O)c2cccc(Sc3ccccc3)c21. The lowest BCUT2D eigenvalue weighted by atomic mass is 9.84. The van der Waals surface area contributed by atoms with Crippen LogP contribution in [0.4, 0.5) is 0 Å². The molecule has 19 aromatic carbocycles. The number of rotatable bonds is 16. The van der Waals surface area contributed by atoms with E-state index in [0.717, 1.165) is 94.5 Å². The van der Waals surface area contributed by atoms with Gasteiger partial charge < -0.3 is 0 Å². The third kappa shape index (κ3) is 19.6. The van der Waals surface area contributed by atoms with Crippen LogP contribution in [0.1, 0.15) is 180 Å². The Kier molecular flexibility index (Phi) is 27.1. The summed E-state index contributed by atoms with van der Waals surface area (Å²) in [5.41, 5.74) is 10.5. The van der Waals surface area contributed by atoms with Gasteiger partial charge >= 0.3 is 0 Å². The fourth-order valence-electron chi connectivity index (χ4n) is 17.6. The van der Waals surface area contributed by atoms with Gasteiger partial charge in [-0.25, -0.2) is 0 Å². The Morgan fingerprint density at radius 1 is 0.143 bits per heavy atom. The average molecular weight is 1960 g/mol. The number of benzene rings is 19. The Morgan fingerprint density at radius 2 is 0.300 bits per heavy atom. The first kappa shape index (κ1) is 93.8. The lowest BCUT2D eigenvalue weighted by molar-refractivity contribution is 0.0974. The molecular formula is C124H86O8S8. The number of carbonyl (C=O) groups excluding carboxylic acids is 8. The second kappa shape index (κ2) is 40.5. The highest BCUT2D eigenvalue weighted by molar-refractivity contribution is 8.01. The minimum Gasteiger partial charge on any atom is -0.289 e. The normalized spacial score (nSPS) is 12.7. The van der Waals surface area contributed by atoms with Crippen LogP contribution in [0.2, 0.25) is 0 Å². The monoisotopic (exact) mass is 1960 g/mol. The molecular weight excluding hydrogens is 1870 g/mol. The first-order valence-electron chi connectivity index (χ1n) is 45.7. The van der Waals surface area contributed by atoms with Crippen molar-refractivity contribution in [3.8, 4) is 0 Å². The van der Waals surface area contributed by atoms with E-state index in [1.165, 1.54) is 121 Å². The van der Waals surface area contributed by atoms with Gasteiger partial charge in [-0.1, -0.05) is 403 Å². The van der Waals surface area contributed by atoms with Gasteiger partial charge in [-0.3, -0.25) is 38.4 Å². The predicted molar refractivity (Wildman–Crippen MR) is 573 cm³/mol. The molecule has 140 heavy (non-hydrogen) atoms. The molecule has 0 atom stereocenters. The number of carbonyl (C=O) groups is 8. The van der Waals surface area contributed by atoms with Crippen LogP contribution in [0.15, 0.2) is 491 Å². The largest absolute Gasteiger partial charge is 0.289 e. The number of hydrogen-bond acceptors (Lipinski definition) is 16. The molecule has 4 aliphatic rings. The summed E-state index contributed by atoms with van der Waals surface area (Å²) in [4.78, 5) is 125. The van der Waals surface area contributed by atoms with Crippen molar-refractivity contribution in [2.75, 3.05) is 0 Å². The molecule has 8 nitrogen and oxygen atoms in total. The van der Waals surface area contributed by atoms with Crippen molar-refractivity contribution in [1.82, 2.24) is 0 Å². The molecule has 0 aromatic heterocycles. The lowest BCUT2D eigenvalue weighted by Gasteiger charge is -2.22. The first-order chi connectivity index (χ1) is 68.0. The third-order valence-electron chi connectivity index (χ3n) is 24.6. The van der Waals surface area contributed by atoms with Crippen LogP contribution in [0.3, 0.4) is 0 Å². The fourth-order valence-corrected chi connectivity index (χ4v) is 25.6. The molecule has 0 saturated heterocycles. The van der Waals surface area contributed by atoms with Gasteiger partial charge in [0, 0.05) is 167 Å². The molecule has 0 unspecified atom stereocenters. The van der Waals surface area contributed by atoms with Crippen LogP contribution >= 0.6 is 94.1 Å². The van der Waals surface area contributed by atoms with Gasteiger partial charge in [0.25, 0.3) is 0 Å². The molecule has 0 N–H and O–H groups in total. The van der Waals surface area contributed by atoms with Crippen LogP contribution in [0.25, 0.3) is 32.3 Å². The Balaban J connectivity index is 0.000000115. The Morgan fingerprint density at radius 3 is 0.486 bits per heavy atom. The molecule has 0 amide bonds. The second-order valence-corrected chi connectivity index (χ2v) is 44.8. The molecule has 0 bridgehead atoms. The summed E-state index contributed by atoms with van der Waals surface area (Å²) in [5.74, 6) is -0.736. The summed E-state index contributed by atoms with van der Waals surface area (Å²) in [7, 11) is 0. The zero-order valence-corrected chi connectivity index (χ0v) is 83.3. The van der Waals surface area contributed by atoms with Crippen LogP contribution < -0.4 is 0 Å². The zero-order chi connectivity index (χ0) is 96.5. The molecule has 0 fully saturated rings. The Bertz CT molecular complexity index is 7990. The van der Waals surface area contributed by atoms with E-state index in [2.05, 4.69) is 181 Å². The maximum Gasteiger partial charge on any atom is 0.195 e. The van der Waals surface area contributed by atoms with Gasteiger partial charge in [-0.15, -0.1) is 0 Å². The minimum atomic E-state index is -0.0977. The van der Waals surface area contributed by atoms with E-state index in [1.807, 2.05) is 224 Å². The van der Waals surface area contributed by atoms with Gasteiger partial charge in [-0.2, -0.15) is 0 Å². The van der Waals surface area contributed by atoms with E-state index >= 15 is 0 Å². The molecule has 0 aliphatic heterocycles. The Labute approximate surface area is 846 Å². The van der Waals surface area contributed by atoms with E-state index in [9.17, 15) is 38.4 Å². The third-order valence-corrected chi connectivity index (χ3v) is 33.1. The summed E-state index contributed by atoms with van der Waals surface area (Å²) >= 11 is 12.2. The highest BCUT2D eigenvalue weighted by atomic mass is 32.2. The van der Waals surface area contributed by atoms with Crippen molar-refractivity contribution in [3.63, 3.8) is 0 Å². The highest BCUT2D eigenvalue weighted by Crippen LogP contribution is 2.49. The van der Waals surface area contributed by atoms with E-state index < -0.39 is 0 Å². The van der Waals surface area contributed by atoms with Crippen molar-refractivity contribution in [2.24, 2.45) is 0 Å². The summed E-state index contributed by atoms with van der Waals surface area (Å²) in [6.45, 7) is 13.1. The van der Waals surface area contributed by atoms with Crippen molar-refractivity contribution in [1.29, 1.82) is 0 Å². The van der Waals surface area contributed by atoms with Crippen LogP contribution in [0, 0.1) is 0 Å². The minimum absolute atomic E-state index is 0.0732. The van der Waals surface area contributed by atoms with E-state index in [0.29, 0.717) is 89.0 Å². The second-order valence-electron chi connectivity index (χ2n) is 35.9. The smallest absolute Gasteiger partial charge is 0.195 e. The maximum absolute atomic E-state index is 13.9. The van der Waals surface area contributed by atoms with Crippen LogP contribution in [-0.2, 0) is 10.8 Å². The molecule has 23 rings (SSSR count). The van der Waals surface area contributed by atoms with Crippen LogP contribution in [-0.4, -0.2) is 46.3 Å². The summed E-state index contributed by atoms with van der Waals surface area (Å²) in [5, 5.41) is 6.94. The Hall–Kier alpha value is -13.9. The molecule has 0 spiro atoms. The van der Waals surface area contributed by atoms with E-state index in [1.54, 1.807) is 48.5 Å². The standard InChI is InChI=1S/C34H20O2S2.C34H26O2S2.C30H24O2S2.C26H16O2S2/c35-33-28-12-6-14-30(38-26-18-16-22-8-2-4-10-24(22)20-26)32(28)34(36)27-11-5-13-29(31(27)33)37-25-17-15-21-7-1-3-9-23(21)19-25;1-34(2,3)23-15-18-24(19-16-23)37-28-12-6-10-26-30(28)32(35)27-11-7-13-29(31(27)33(26)36)38-25-17-14-21-8-4-5-9-22(21)20-25;1-30(2,3)19-15-17-21(18-16-19)34-25-14-8-12-23-27(25)29(32)22-11-7-13-24(26(22)28(23)31)33-20-9-5-4-6-10-20;27-25-20-14-8-16-22(30-18-11-5-2-6-12-18)24(20)26(28)19-13-7-15-21(23(19)25)29-17-9-3-1-4-10-17/h1-20H;4-20H,1-3H3;4-18H,1-3H3;1-16H. The van der Waals surface area contributed by atoms with Gasteiger partial charge in [0.05, 0.1) is 0 Å². The van der Waals surface area contributed by atoms with Crippen molar-refractivity contribution in [2.45, 2.75) is 131 Å². The molecule has 0 heterocycles.